The second kappa shape index (κ2) is 8.46. The summed E-state index contributed by atoms with van der Waals surface area (Å²) < 4.78 is 15.6. The Balaban J connectivity index is 1.71. The standard InChI is InChI=1S/C25H23FN4O3/c1-15-10-11-19(13-16(15)2)30-23(31)22(17(3)28-30)27-29-25(24(32)33)12-6-7-18(14-25)20-8-4-5-9-21(20)26/h4-13,28H,14H2,1-3H3,(H,32,33). The molecule has 1 aliphatic carbocycles. The van der Waals surface area contributed by atoms with Crippen molar-refractivity contribution in [2.24, 2.45) is 10.2 Å². The molecule has 1 atom stereocenters. The first-order valence-electron chi connectivity index (χ1n) is 10.4. The fourth-order valence-electron chi connectivity index (χ4n) is 3.74. The number of hydrogen-bond acceptors (Lipinski definition) is 4. The van der Waals surface area contributed by atoms with Crippen LogP contribution in [0.3, 0.4) is 0 Å². The number of carbonyl (C=O) groups is 1. The maximum absolute atomic E-state index is 14.3. The number of benzene rings is 2. The van der Waals surface area contributed by atoms with Crippen LogP contribution >= 0.6 is 0 Å². The Hall–Kier alpha value is -4.07. The van der Waals surface area contributed by atoms with Gasteiger partial charge in [-0.3, -0.25) is 9.89 Å². The van der Waals surface area contributed by atoms with Gasteiger partial charge in [-0.25, -0.2) is 13.9 Å². The van der Waals surface area contributed by atoms with Gasteiger partial charge < -0.3 is 5.11 Å². The Morgan fingerprint density at radius 2 is 1.91 bits per heavy atom. The predicted molar refractivity (Wildman–Crippen MR) is 124 cm³/mol. The molecule has 0 spiro atoms. The van der Waals surface area contributed by atoms with Crippen LogP contribution in [0.2, 0.25) is 0 Å². The molecule has 0 bridgehead atoms. The average molecular weight is 446 g/mol. The number of carboxylic acids is 1. The topological polar surface area (TPSA) is 99.8 Å². The fourth-order valence-corrected chi connectivity index (χ4v) is 3.74. The Bertz CT molecular complexity index is 1400. The molecule has 1 aliphatic rings. The van der Waals surface area contributed by atoms with Crippen LogP contribution in [0.15, 0.2) is 75.7 Å². The van der Waals surface area contributed by atoms with E-state index in [9.17, 15) is 19.1 Å². The Labute approximate surface area is 189 Å². The molecule has 4 rings (SSSR count). The van der Waals surface area contributed by atoms with E-state index in [4.69, 9.17) is 0 Å². The van der Waals surface area contributed by atoms with Crippen LogP contribution in [-0.4, -0.2) is 26.4 Å². The lowest BCUT2D eigenvalue weighted by atomic mass is 9.84. The van der Waals surface area contributed by atoms with E-state index in [1.165, 1.54) is 22.9 Å². The molecule has 7 nitrogen and oxygen atoms in total. The normalized spacial score (nSPS) is 18.0. The molecule has 0 fully saturated rings. The van der Waals surface area contributed by atoms with E-state index in [2.05, 4.69) is 15.3 Å². The first-order valence-corrected chi connectivity index (χ1v) is 10.4. The number of hydrogen-bond donors (Lipinski definition) is 2. The number of rotatable bonds is 5. The van der Waals surface area contributed by atoms with Crippen LogP contribution in [0, 0.1) is 26.6 Å². The first kappa shape index (κ1) is 22.1. The summed E-state index contributed by atoms with van der Waals surface area (Å²) in [6.07, 6.45) is 4.48. The molecule has 0 saturated heterocycles. The van der Waals surface area contributed by atoms with E-state index >= 15 is 0 Å². The lowest BCUT2D eigenvalue weighted by molar-refractivity contribution is -0.141. The van der Waals surface area contributed by atoms with Crippen LogP contribution in [0.1, 0.15) is 28.8 Å². The molecule has 33 heavy (non-hydrogen) atoms. The van der Waals surface area contributed by atoms with Gasteiger partial charge in [0.25, 0.3) is 5.56 Å². The van der Waals surface area contributed by atoms with E-state index in [0.29, 0.717) is 22.5 Å². The van der Waals surface area contributed by atoms with Crippen molar-refractivity contribution in [3.63, 3.8) is 0 Å². The van der Waals surface area contributed by atoms with Crippen molar-refractivity contribution in [2.75, 3.05) is 0 Å². The van der Waals surface area contributed by atoms with Gasteiger partial charge in [-0.2, -0.15) is 5.11 Å². The van der Waals surface area contributed by atoms with Crippen LogP contribution in [0.4, 0.5) is 10.1 Å². The highest BCUT2D eigenvalue weighted by atomic mass is 19.1. The van der Waals surface area contributed by atoms with Crippen molar-refractivity contribution in [3.05, 3.63) is 99.2 Å². The van der Waals surface area contributed by atoms with Crippen molar-refractivity contribution in [3.8, 4) is 5.69 Å². The lowest BCUT2D eigenvalue weighted by Crippen LogP contribution is -2.35. The monoisotopic (exact) mass is 446 g/mol. The van der Waals surface area contributed by atoms with Gasteiger partial charge in [0, 0.05) is 12.0 Å². The number of H-pyrrole nitrogens is 1. The zero-order valence-corrected chi connectivity index (χ0v) is 18.5. The highest BCUT2D eigenvalue weighted by Gasteiger charge is 2.39. The van der Waals surface area contributed by atoms with E-state index in [1.54, 1.807) is 31.2 Å². The molecule has 1 heterocycles. The highest BCUT2D eigenvalue weighted by Crippen LogP contribution is 2.35. The SMILES string of the molecule is Cc1ccc(-n2[nH]c(C)c(N=NC3(C(=O)O)C=CC=C(c4ccccc4F)C3)c2=O)cc1C. The summed E-state index contributed by atoms with van der Waals surface area (Å²) in [7, 11) is 0. The van der Waals surface area contributed by atoms with Gasteiger partial charge in [0.15, 0.2) is 5.69 Å². The van der Waals surface area contributed by atoms with Crippen LogP contribution in [-0.2, 0) is 4.79 Å². The summed E-state index contributed by atoms with van der Waals surface area (Å²) >= 11 is 0. The molecule has 3 aromatic rings. The molecule has 0 saturated carbocycles. The molecular formula is C25H23FN4O3. The number of aromatic nitrogens is 2. The van der Waals surface area contributed by atoms with E-state index < -0.39 is 22.9 Å². The zero-order valence-electron chi connectivity index (χ0n) is 18.5. The lowest BCUT2D eigenvalue weighted by Gasteiger charge is -2.24. The summed E-state index contributed by atoms with van der Waals surface area (Å²) in [5.41, 5.74) is 1.82. The highest BCUT2D eigenvalue weighted by molar-refractivity contribution is 5.87. The smallest absolute Gasteiger partial charge is 0.337 e. The van der Waals surface area contributed by atoms with Crippen molar-refractivity contribution in [1.82, 2.24) is 9.78 Å². The first-order chi connectivity index (χ1) is 15.7. The zero-order chi connectivity index (χ0) is 23.8. The largest absolute Gasteiger partial charge is 0.479 e. The van der Waals surface area contributed by atoms with Crippen molar-refractivity contribution < 1.29 is 14.3 Å². The Kier molecular flexibility index (Phi) is 5.68. The summed E-state index contributed by atoms with van der Waals surface area (Å²) in [6.45, 7) is 5.60. The van der Waals surface area contributed by atoms with E-state index in [0.717, 1.165) is 11.1 Å². The summed E-state index contributed by atoms with van der Waals surface area (Å²) in [5, 5.41) is 21.1. The van der Waals surface area contributed by atoms with Gasteiger partial charge in [0.1, 0.15) is 5.82 Å². The van der Waals surface area contributed by atoms with Gasteiger partial charge in [0.2, 0.25) is 5.54 Å². The van der Waals surface area contributed by atoms with E-state index in [1.807, 2.05) is 32.0 Å². The van der Waals surface area contributed by atoms with Gasteiger partial charge in [-0.1, -0.05) is 36.4 Å². The maximum Gasteiger partial charge on any atom is 0.337 e. The summed E-state index contributed by atoms with van der Waals surface area (Å²) in [4.78, 5) is 25.2. The number of nitrogens with zero attached hydrogens (tertiary/aromatic N) is 3. The summed E-state index contributed by atoms with van der Waals surface area (Å²) in [6, 6.07) is 11.8. The number of azo groups is 1. The van der Waals surface area contributed by atoms with Crippen LogP contribution < -0.4 is 5.56 Å². The number of allylic oxidation sites excluding steroid dienone is 2. The Morgan fingerprint density at radius 3 is 2.61 bits per heavy atom. The van der Waals surface area contributed by atoms with Gasteiger partial charge in [-0.15, -0.1) is 5.11 Å². The molecule has 0 amide bonds. The molecule has 8 heteroatoms. The van der Waals surface area contributed by atoms with E-state index in [-0.39, 0.29) is 12.1 Å². The minimum absolute atomic E-state index is 0.0178. The van der Waals surface area contributed by atoms with Crippen molar-refractivity contribution in [2.45, 2.75) is 32.7 Å². The minimum atomic E-state index is -1.76. The molecule has 0 radical (unpaired) electrons. The molecule has 168 valence electrons. The molecular weight excluding hydrogens is 423 g/mol. The van der Waals surface area contributed by atoms with Crippen LogP contribution in [0.5, 0.6) is 0 Å². The third-order valence-electron chi connectivity index (χ3n) is 5.84. The van der Waals surface area contributed by atoms with Crippen molar-refractivity contribution in [1.29, 1.82) is 0 Å². The maximum atomic E-state index is 14.3. The quantitative estimate of drug-likeness (QED) is 0.528. The number of halogens is 1. The number of aryl methyl sites for hydroxylation is 3. The molecule has 1 aromatic heterocycles. The van der Waals surface area contributed by atoms with Crippen LogP contribution in [0.25, 0.3) is 11.3 Å². The summed E-state index contributed by atoms with van der Waals surface area (Å²) in [5.74, 6) is -1.69. The predicted octanol–water partition coefficient (Wildman–Crippen LogP) is 5.18. The number of aromatic amines is 1. The number of carboxylic acid groups (broad SMARTS) is 1. The Morgan fingerprint density at radius 1 is 1.15 bits per heavy atom. The van der Waals surface area contributed by atoms with Crippen molar-refractivity contribution >= 4 is 17.2 Å². The fraction of sp³-hybridized carbons (Fsp3) is 0.200. The number of aliphatic carboxylic acids is 1. The van der Waals surface area contributed by atoms with Gasteiger partial charge in [-0.05, 0) is 61.7 Å². The molecule has 1 unspecified atom stereocenters. The third kappa shape index (κ3) is 4.07. The third-order valence-corrected chi connectivity index (χ3v) is 5.84. The van der Waals surface area contributed by atoms with Gasteiger partial charge in [0.05, 0.1) is 11.4 Å². The molecule has 0 aliphatic heterocycles. The second-order valence-corrected chi connectivity index (χ2v) is 8.13. The minimum Gasteiger partial charge on any atom is -0.479 e. The molecule has 2 N–H and O–H groups in total. The average Bonchev–Trinajstić information content (AvgIpc) is 3.08. The second-order valence-electron chi connectivity index (χ2n) is 8.13. The number of nitrogens with one attached hydrogen (secondary N) is 1. The molecule has 2 aromatic carbocycles. The van der Waals surface area contributed by atoms with Gasteiger partial charge >= 0.3 is 5.97 Å².